The molecule has 3 rings (SSSR count). The van der Waals surface area contributed by atoms with Gasteiger partial charge >= 0.3 is 0 Å². The molecule has 3 N–H and O–H groups in total. The number of benzene rings is 1. The zero-order valence-corrected chi connectivity index (χ0v) is 14.8. The largest absolute Gasteiger partial charge is 0.487 e. The first-order chi connectivity index (χ1) is 11.1. The molecular weight excluding hydrogens is 351 g/mol. The number of fused-ring (bicyclic) bond motifs is 1. The molecule has 1 aromatic heterocycles. The maximum atomic E-state index is 12.3. The predicted molar refractivity (Wildman–Crippen MR) is 95.1 cm³/mol. The van der Waals surface area contributed by atoms with E-state index >= 15 is 0 Å². The fraction of sp³-hybridized carbons (Fsp3) is 0.375. The molecule has 1 aliphatic heterocycles. The number of nitrogens with one attached hydrogen (secondary N) is 3. The van der Waals surface area contributed by atoms with Crippen LogP contribution in [0.15, 0.2) is 24.3 Å². The van der Waals surface area contributed by atoms with Gasteiger partial charge in [0.05, 0.1) is 11.6 Å². The van der Waals surface area contributed by atoms with E-state index in [1.165, 1.54) is 0 Å². The molecule has 8 heteroatoms. The lowest BCUT2D eigenvalue weighted by Crippen LogP contribution is -2.35. The van der Waals surface area contributed by atoms with Crippen LogP contribution in [0.25, 0.3) is 0 Å². The van der Waals surface area contributed by atoms with E-state index in [1.54, 1.807) is 12.1 Å². The Labute approximate surface area is 151 Å². The van der Waals surface area contributed by atoms with Crippen LogP contribution < -0.4 is 15.4 Å². The Morgan fingerprint density at radius 2 is 2.25 bits per heavy atom. The Morgan fingerprint density at radius 3 is 3.04 bits per heavy atom. The number of nitrogens with zero attached hydrogens (tertiary/aromatic N) is 1. The molecule has 1 aromatic carbocycles. The zero-order valence-electron chi connectivity index (χ0n) is 13.3. The number of ether oxygens (including phenoxy) is 1. The number of hydrogen-bond acceptors (Lipinski definition) is 4. The van der Waals surface area contributed by atoms with Crippen molar-refractivity contribution < 1.29 is 9.53 Å². The number of carbonyl (C=O) groups is 1. The predicted octanol–water partition coefficient (Wildman–Crippen LogP) is 2.33. The van der Waals surface area contributed by atoms with Crippen molar-refractivity contribution in [3.63, 3.8) is 0 Å². The number of para-hydroxylation sites is 1. The average molecular weight is 371 g/mol. The molecule has 24 heavy (non-hydrogen) atoms. The Morgan fingerprint density at radius 1 is 1.46 bits per heavy atom. The molecule has 0 aliphatic carbocycles. The molecule has 0 fully saturated rings. The lowest BCUT2D eigenvalue weighted by molar-refractivity contribution is 0.0926. The Bertz CT molecular complexity index is 705. The van der Waals surface area contributed by atoms with E-state index in [1.807, 2.05) is 19.1 Å². The highest BCUT2D eigenvalue weighted by molar-refractivity contribution is 6.32. The second kappa shape index (κ2) is 8.37. The number of hydrogen-bond donors (Lipinski definition) is 3. The monoisotopic (exact) mass is 370 g/mol. The van der Waals surface area contributed by atoms with Crippen molar-refractivity contribution in [1.82, 2.24) is 20.8 Å². The molecule has 1 unspecified atom stereocenters. The van der Waals surface area contributed by atoms with Crippen molar-refractivity contribution in [2.75, 3.05) is 13.1 Å². The third kappa shape index (κ3) is 4.20. The topological polar surface area (TPSA) is 79.0 Å². The molecule has 0 saturated heterocycles. The van der Waals surface area contributed by atoms with Crippen LogP contribution in [0.4, 0.5) is 0 Å². The Hall–Kier alpha value is -1.76. The van der Waals surface area contributed by atoms with Crippen molar-refractivity contribution in [3.8, 4) is 5.75 Å². The molecule has 0 bridgehead atoms. The summed E-state index contributed by atoms with van der Waals surface area (Å²) in [5.74, 6) is 0.415. The van der Waals surface area contributed by atoms with E-state index < -0.39 is 0 Å². The van der Waals surface area contributed by atoms with Crippen molar-refractivity contribution in [2.24, 2.45) is 0 Å². The van der Waals surface area contributed by atoms with Gasteiger partial charge in [-0.2, -0.15) is 5.10 Å². The summed E-state index contributed by atoms with van der Waals surface area (Å²) in [6.45, 7) is 3.82. The minimum absolute atomic E-state index is 0. The van der Waals surface area contributed by atoms with Crippen LogP contribution in [0.1, 0.15) is 28.7 Å². The number of H-pyrrole nitrogens is 1. The maximum Gasteiger partial charge on any atom is 0.272 e. The van der Waals surface area contributed by atoms with Crippen LogP contribution in [0, 0.1) is 0 Å². The molecule has 130 valence electrons. The summed E-state index contributed by atoms with van der Waals surface area (Å²) in [6, 6.07) is 7.27. The lowest BCUT2D eigenvalue weighted by atomic mass is 10.1. The lowest BCUT2D eigenvalue weighted by Gasteiger charge is -2.16. The van der Waals surface area contributed by atoms with E-state index in [0.29, 0.717) is 29.6 Å². The SMILES string of the molecule is CC(CNC(=O)c1n[nH]c2c1CNCC2)Oc1ccccc1Cl.Cl. The molecule has 1 aliphatic rings. The van der Waals surface area contributed by atoms with Gasteiger partial charge in [0.1, 0.15) is 11.9 Å². The van der Waals surface area contributed by atoms with Gasteiger partial charge in [0.2, 0.25) is 0 Å². The summed E-state index contributed by atoms with van der Waals surface area (Å²) >= 11 is 6.06. The van der Waals surface area contributed by atoms with Gasteiger partial charge in [-0.05, 0) is 19.1 Å². The molecule has 0 radical (unpaired) electrons. The van der Waals surface area contributed by atoms with E-state index in [4.69, 9.17) is 16.3 Å². The van der Waals surface area contributed by atoms with Gasteiger partial charge in [-0.25, -0.2) is 0 Å². The van der Waals surface area contributed by atoms with Crippen molar-refractivity contribution in [1.29, 1.82) is 0 Å². The standard InChI is InChI=1S/C16H19ClN4O2.ClH/c1-10(23-14-5-3-2-4-12(14)17)8-19-16(22)15-11-9-18-7-6-13(11)20-21-15;/h2-5,10,18H,6-9H2,1H3,(H,19,22)(H,20,21);1H. The number of amides is 1. The summed E-state index contributed by atoms with van der Waals surface area (Å²) in [5.41, 5.74) is 2.44. The minimum Gasteiger partial charge on any atom is -0.487 e. The molecule has 0 saturated carbocycles. The highest BCUT2D eigenvalue weighted by atomic mass is 35.5. The summed E-state index contributed by atoms with van der Waals surface area (Å²) in [6.07, 6.45) is 0.661. The van der Waals surface area contributed by atoms with Gasteiger partial charge in [-0.15, -0.1) is 12.4 Å². The van der Waals surface area contributed by atoms with Crippen LogP contribution in [0.5, 0.6) is 5.75 Å². The fourth-order valence-corrected chi connectivity index (χ4v) is 2.71. The second-order valence-corrected chi connectivity index (χ2v) is 5.93. The van der Waals surface area contributed by atoms with E-state index in [2.05, 4.69) is 20.8 Å². The van der Waals surface area contributed by atoms with E-state index in [9.17, 15) is 4.79 Å². The van der Waals surface area contributed by atoms with Crippen LogP contribution >= 0.6 is 24.0 Å². The number of aromatic amines is 1. The van der Waals surface area contributed by atoms with Crippen LogP contribution in [0.3, 0.4) is 0 Å². The summed E-state index contributed by atoms with van der Waals surface area (Å²) in [5, 5.41) is 13.7. The van der Waals surface area contributed by atoms with Gasteiger partial charge in [0, 0.05) is 30.8 Å². The van der Waals surface area contributed by atoms with Crippen molar-refractivity contribution in [3.05, 3.63) is 46.2 Å². The third-order valence-electron chi connectivity index (χ3n) is 3.74. The zero-order chi connectivity index (χ0) is 16.2. The van der Waals surface area contributed by atoms with Crippen LogP contribution in [-0.2, 0) is 13.0 Å². The first-order valence-electron chi connectivity index (χ1n) is 7.61. The molecule has 0 spiro atoms. The normalized spacial score (nSPS) is 14.2. The molecule has 2 aromatic rings. The smallest absolute Gasteiger partial charge is 0.272 e. The summed E-state index contributed by atoms with van der Waals surface area (Å²) in [4.78, 5) is 12.3. The summed E-state index contributed by atoms with van der Waals surface area (Å²) in [7, 11) is 0. The average Bonchev–Trinajstić information content (AvgIpc) is 2.99. The maximum absolute atomic E-state index is 12.3. The third-order valence-corrected chi connectivity index (χ3v) is 4.05. The number of carbonyl (C=O) groups excluding carboxylic acids is 1. The summed E-state index contributed by atoms with van der Waals surface area (Å²) < 4.78 is 5.74. The quantitative estimate of drug-likeness (QED) is 0.754. The van der Waals surface area contributed by atoms with Gasteiger partial charge in [0.25, 0.3) is 5.91 Å². The molecular formula is C16H20Cl2N4O2. The highest BCUT2D eigenvalue weighted by Gasteiger charge is 2.21. The van der Waals surface area contributed by atoms with E-state index in [-0.39, 0.29) is 24.4 Å². The van der Waals surface area contributed by atoms with Gasteiger partial charge in [-0.3, -0.25) is 9.89 Å². The number of aromatic nitrogens is 2. The van der Waals surface area contributed by atoms with Crippen LogP contribution in [0.2, 0.25) is 5.02 Å². The molecule has 6 nitrogen and oxygen atoms in total. The van der Waals surface area contributed by atoms with Crippen molar-refractivity contribution >= 4 is 29.9 Å². The first-order valence-corrected chi connectivity index (χ1v) is 7.99. The highest BCUT2D eigenvalue weighted by Crippen LogP contribution is 2.24. The van der Waals surface area contributed by atoms with Crippen LogP contribution in [-0.4, -0.2) is 35.3 Å². The fourth-order valence-electron chi connectivity index (χ4n) is 2.53. The number of rotatable bonds is 5. The van der Waals surface area contributed by atoms with Gasteiger partial charge < -0.3 is 15.4 Å². The molecule has 2 heterocycles. The van der Waals surface area contributed by atoms with Gasteiger partial charge in [0.15, 0.2) is 5.69 Å². The minimum atomic E-state index is -0.202. The number of halogens is 2. The Kier molecular flexibility index (Phi) is 6.48. The molecule has 1 atom stereocenters. The first kappa shape index (κ1) is 18.6. The second-order valence-electron chi connectivity index (χ2n) is 5.53. The Balaban J connectivity index is 0.00000208. The van der Waals surface area contributed by atoms with E-state index in [0.717, 1.165) is 24.2 Å². The molecule has 1 amide bonds. The van der Waals surface area contributed by atoms with Crippen molar-refractivity contribution in [2.45, 2.75) is 26.0 Å². The van der Waals surface area contributed by atoms with Gasteiger partial charge in [-0.1, -0.05) is 23.7 Å².